The van der Waals surface area contributed by atoms with Crippen LogP contribution in [0.1, 0.15) is 78.6 Å². The summed E-state index contributed by atoms with van der Waals surface area (Å²) in [6.45, 7) is 7.08. The quantitative estimate of drug-likeness (QED) is 0.387. The highest BCUT2D eigenvalue weighted by molar-refractivity contribution is 5.72. The SMILES string of the molecule is CCCCCC(CCCC)C(=O)OCCCC. The van der Waals surface area contributed by atoms with Crippen molar-refractivity contribution in [2.24, 2.45) is 5.92 Å². The molecule has 0 spiro atoms. The molecule has 0 heterocycles. The molecule has 102 valence electrons. The summed E-state index contributed by atoms with van der Waals surface area (Å²) >= 11 is 0. The third-order valence-corrected chi connectivity index (χ3v) is 3.14. The fourth-order valence-electron chi connectivity index (χ4n) is 1.91. The Morgan fingerprint density at radius 3 is 2.06 bits per heavy atom. The lowest BCUT2D eigenvalue weighted by molar-refractivity contribution is -0.149. The molecule has 0 saturated carbocycles. The van der Waals surface area contributed by atoms with Crippen molar-refractivity contribution in [1.29, 1.82) is 0 Å². The van der Waals surface area contributed by atoms with Gasteiger partial charge in [-0.25, -0.2) is 0 Å². The highest BCUT2D eigenvalue weighted by atomic mass is 16.5. The van der Waals surface area contributed by atoms with Gasteiger partial charge in [0.1, 0.15) is 0 Å². The predicted molar refractivity (Wildman–Crippen MR) is 73.0 cm³/mol. The van der Waals surface area contributed by atoms with E-state index in [1.165, 1.54) is 12.8 Å². The molecule has 1 atom stereocenters. The first-order valence-corrected chi connectivity index (χ1v) is 7.42. The maximum atomic E-state index is 11.9. The van der Waals surface area contributed by atoms with Gasteiger partial charge in [-0.2, -0.15) is 0 Å². The summed E-state index contributed by atoms with van der Waals surface area (Å²) in [5.74, 6) is 0.196. The van der Waals surface area contributed by atoms with E-state index in [2.05, 4.69) is 20.8 Å². The largest absolute Gasteiger partial charge is 0.465 e. The molecule has 0 amide bonds. The van der Waals surface area contributed by atoms with Crippen molar-refractivity contribution in [3.05, 3.63) is 0 Å². The van der Waals surface area contributed by atoms with E-state index in [0.717, 1.165) is 44.9 Å². The molecule has 0 saturated heterocycles. The zero-order valence-corrected chi connectivity index (χ0v) is 12.0. The molecule has 17 heavy (non-hydrogen) atoms. The molecule has 0 aliphatic rings. The number of carbonyl (C=O) groups excluding carboxylic acids is 1. The highest BCUT2D eigenvalue weighted by Crippen LogP contribution is 2.18. The van der Waals surface area contributed by atoms with E-state index in [4.69, 9.17) is 4.74 Å². The van der Waals surface area contributed by atoms with Gasteiger partial charge in [0.25, 0.3) is 0 Å². The van der Waals surface area contributed by atoms with Gasteiger partial charge in [-0.1, -0.05) is 59.3 Å². The number of hydrogen-bond donors (Lipinski definition) is 0. The summed E-state index contributed by atoms with van der Waals surface area (Å²) in [5.41, 5.74) is 0. The average Bonchev–Trinajstić information content (AvgIpc) is 2.33. The standard InChI is InChI=1S/C15H30O2/c1-4-7-10-12-14(11-8-5-2)15(16)17-13-9-6-3/h14H,4-13H2,1-3H3. The van der Waals surface area contributed by atoms with Gasteiger partial charge in [-0.05, 0) is 19.3 Å². The first-order chi connectivity index (χ1) is 8.26. The van der Waals surface area contributed by atoms with Gasteiger partial charge in [-0.15, -0.1) is 0 Å². The zero-order chi connectivity index (χ0) is 12.9. The third kappa shape index (κ3) is 9.20. The van der Waals surface area contributed by atoms with Crippen molar-refractivity contribution in [1.82, 2.24) is 0 Å². The van der Waals surface area contributed by atoms with Gasteiger partial charge < -0.3 is 4.74 Å². The summed E-state index contributed by atoms with van der Waals surface area (Å²) in [7, 11) is 0. The molecule has 0 rings (SSSR count). The van der Waals surface area contributed by atoms with Crippen LogP contribution < -0.4 is 0 Å². The van der Waals surface area contributed by atoms with E-state index in [0.29, 0.717) is 6.61 Å². The van der Waals surface area contributed by atoms with Crippen LogP contribution in [0.25, 0.3) is 0 Å². The predicted octanol–water partition coefficient (Wildman–Crippen LogP) is 4.72. The first-order valence-electron chi connectivity index (χ1n) is 7.42. The summed E-state index contributed by atoms with van der Waals surface area (Å²) in [4.78, 5) is 11.9. The van der Waals surface area contributed by atoms with Crippen molar-refractivity contribution in [2.45, 2.75) is 78.6 Å². The Labute approximate surface area is 107 Å². The van der Waals surface area contributed by atoms with E-state index in [9.17, 15) is 4.79 Å². The number of esters is 1. The van der Waals surface area contributed by atoms with Crippen LogP contribution in [-0.4, -0.2) is 12.6 Å². The Morgan fingerprint density at radius 2 is 1.47 bits per heavy atom. The molecule has 0 aliphatic carbocycles. The minimum atomic E-state index is 0.0444. The minimum absolute atomic E-state index is 0.0444. The Morgan fingerprint density at radius 1 is 0.882 bits per heavy atom. The fourth-order valence-corrected chi connectivity index (χ4v) is 1.91. The minimum Gasteiger partial charge on any atom is -0.465 e. The van der Waals surface area contributed by atoms with Crippen LogP contribution in [0, 0.1) is 5.92 Å². The second-order valence-corrected chi connectivity index (χ2v) is 4.86. The molecule has 0 N–H and O–H groups in total. The molecule has 0 aromatic carbocycles. The van der Waals surface area contributed by atoms with E-state index in [1.807, 2.05) is 0 Å². The van der Waals surface area contributed by atoms with Gasteiger partial charge >= 0.3 is 5.97 Å². The maximum absolute atomic E-state index is 11.9. The van der Waals surface area contributed by atoms with Crippen LogP contribution in [0.4, 0.5) is 0 Å². The number of carbonyl (C=O) groups is 1. The molecule has 0 bridgehead atoms. The summed E-state index contributed by atoms with van der Waals surface area (Å²) in [6.07, 6.45) is 9.99. The molecule has 0 aliphatic heterocycles. The smallest absolute Gasteiger partial charge is 0.308 e. The third-order valence-electron chi connectivity index (χ3n) is 3.14. The van der Waals surface area contributed by atoms with Crippen LogP contribution in [0.5, 0.6) is 0 Å². The van der Waals surface area contributed by atoms with Gasteiger partial charge in [0.15, 0.2) is 0 Å². The molecule has 0 radical (unpaired) electrons. The van der Waals surface area contributed by atoms with Crippen LogP contribution in [0.15, 0.2) is 0 Å². The average molecular weight is 242 g/mol. The topological polar surface area (TPSA) is 26.3 Å². The molecule has 1 unspecified atom stereocenters. The molecule has 2 heteroatoms. The van der Waals surface area contributed by atoms with Crippen LogP contribution >= 0.6 is 0 Å². The normalized spacial score (nSPS) is 12.4. The highest BCUT2D eigenvalue weighted by Gasteiger charge is 2.18. The van der Waals surface area contributed by atoms with Gasteiger partial charge in [0.05, 0.1) is 12.5 Å². The molecular weight excluding hydrogens is 212 g/mol. The Hall–Kier alpha value is -0.530. The monoisotopic (exact) mass is 242 g/mol. The lowest BCUT2D eigenvalue weighted by Gasteiger charge is -2.15. The number of unbranched alkanes of at least 4 members (excludes halogenated alkanes) is 4. The second-order valence-electron chi connectivity index (χ2n) is 4.86. The van der Waals surface area contributed by atoms with Crippen LogP contribution in [-0.2, 0) is 9.53 Å². The van der Waals surface area contributed by atoms with Crippen molar-refractivity contribution >= 4 is 5.97 Å². The molecule has 0 aromatic rings. The second kappa shape index (κ2) is 11.9. The lowest BCUT2D eigenvalue weighted by Crippen LogP contribution is -2.18. The summed E-state index contributed by atoms with van der Waals surface area (Å²) in [6, 6.07) is 0. The maximum Gasteiger partial charge on any atom is 0.308 e. The van der Waals surface area contributed by atoms with Crippen molar-refractivity contribution in [3.8, 4) is 0 Å². The van der Waals surface area contributed by atoms with Crippen molar-refractivity contribution < 1.29 is 9.53 Å². The first kappa shape index (κ1) is 16.5. The molecule has 2 nitrogen and oxygen atoms in total. The Kier molecular flexibility index (Phi) is 11.6. The summed E-state index contributed by atoms with van der Waals surface area (Å²) < 4.78 is 5.33. The van der Waals surface area contributed by atoms with Crippen molar-refractivity contribution in [3.63, 3.8) is 0 Å². The number of hydrogen-bond acceptors (Lipinski definition) is 2. The van der Waals surface area contributed by atoms with Crippen LogP contribution in [0.2, 0.25) is 0 Å². The van der Waals surface area contributed by atoms with Crippen LogP contribution in [0.3, 0.4) is 0 Å². The van der Waals surface area contributed by atoms with E-state index >= 15 is 0 Å². The molecule has 0 aromatic heterocycles. The fraction of sp³-hybridized carbons (Fsp3) is 0.933. The van der Waals surface area contributed by atoms with Gasteiger partial charge in [0.2, 0.25) is 0 Å². The van der Waals surface area contributed by atoms with Gasteiger partial charge in [0, 0.05) is 0 Å². The Balaban J connectivity index is 3.91. The summed E-state index contributed by atoms with van der Waals surface area (Å²) in [5, 5.41) is 0. The molecular formula is C15H30O2. The zero-order valence-electron chi connectivity index (χ0n) is 12.0. The van der Waals surface area contributed by atoms with Crippen molar-refractivity contribution in [2.75, 3.05) is 6.61 Å². The molecule has 0 fully saturated rings. The lowest BCUT2D eigenvalue weighted by atomic mass is 9.95. The van der Waals surface area contributed by atoms with Gasteiger partial charge in [-0.3, -0.25) is 4.79 Å². The number of ether oxygens (including phenoxy) is 1. The van der Waals surface area contributed by atoms with E-state index < -0.39 is 0 Å². The van der Waals surface area contributed by atoms with E-state index in [1.54, 1.807) is 0 Å². The van der Waals surface area contributed by atoms with E-state index in [-0.39, 0.29) is 11.9 Å². The Bertz CT molecular complexity index is 178. The number of rotatable bonds is 11.